The lowest BCUT2D eigenvalue weighted by Crippen LogP contribution is -2.60. The molecule has 5 rings (SSSR count). The van der Waals surface area contributed by atoms with Crippen LogP contribution in [0.1, 0.15) is 50.3 Å². The first kappa shape index (κ1) is 18.9. The lowest BCUT2D eigenvalue weighted by atomic mass is 9.86. The molecule has 1 fully saturated rings. The molecule has 0 bridgehead atoms. The number of rotatable bonds is 2. The second-order valence-electron chi connectivity index (χ2n) is 8.58. The van der Waals surface area contributed by atoms with Crippen LogP contribution in [0.25, 0.3) is 0 Å². The highest BCUT2D eigenvalue weighted by Gasteiger charge is 2.55. The second-order valence-corrected chi connectivity index (χ2v) is 9.50. The van der Waals surface area contributed by atoms with Crippen molar-refractivity contribution < 1.29 is 14.2 Å². The molecule has 5 nitrogen and oxygen atoms in total. The summed E-state index contributed by atoms with van der Waals surface area (Å²) in [4.78, 5) is 0. The molecular weight excluding hydrogens is 432 g/mol. The fraction of sp³-hybridized carbons (Fsp3) is 0.435. The molecule has 1 spiro atoms. The van der Waals surface area contributed by atoms with Crippen LogP contribution >= 0.6 is 15.9 Å². The zero-order valence-corrected chi connectivity index (χ0v) is 18.5. The van der Waals surface area contributed by atoms with Crippen LogP contribution in [0.2, 0.25) is 0 Å². The van der Waals surface area contributed by atoms with E-state index in [0.29, 0.717) is 6.61 Å². The SMILES string of the molecule is COc1cccc2c1O[C@]1(CCOC(C)(C)C1)N1N=C(c3ccc(Br)cc3)C[C@H]21. The van der Waals surface area contributed by atoms with Crippen LogP contribution in [0.3, 0.4) is 0 Å². The summed E-state index contributed by atoms with van der Waals surface area (Å²) < 4.78 is 19.5. The first-order valence-corrected chi connectivity index (χ1v) is 10.8. The molecular formula is C23H25BrN2O3. The van der Waals surface area contributed by atoms with E-state index in [1.54, 1.807) is 7.11 Å². The van der Waals surface area contributed by atoms with Gasteiger partial charge in [0.2, 0.25) is 5.72 Å². The Balaban J connectivity index is 1.63. The number of para-hydroxylation sites is 1. The van der Waals surface area contributed by atoms with Crippen LogP contribution < -0.4 is 9.47 Å². The van der Waals surface area contributed by atoms with Gasteiger partial charge in [0.15, 0.2) is 11.5 Å². The lowest BCUT2D eigenvalue weighted by Gasteiger charge is -2.52. The van der Waals surface area contributed by atoms with Crippen LogP contribution in [-0.2, 0) is 4.74 Å². The van der Waals surface area contributed by atoms with Crippen molar-refractivity contribution in [1.29, 1.82) is 0 Å². The highest BCUT2D eigenvalue weighted by molar-refractivity contribution is 9.10. The van der Waals surface area contributed by atoms with Crippen molar-refractivity contribution in [2.24, 2.45) is 5.10 Å². The first-order chi connectivity index (χ1) is 13.9. The number of fused-ring (bicyclic) bond motifs is 4. The summed E-state index contributed by atoms with van der Waals surface area (Å²) in [5.41, 5.74) is 2.55. The number of benzene rings is 2. The number of hydrogen-bond acceptors (Lipinski definition) is 5. The Morgan fingerprint density at radius 3 is 2.69 bits per heavy atom. The molecule has 3 aliphatic rings. The van der Waals surface area contributed by atoms with Gasteiger partial charge >= 0.3 is 0 Å². The van der Waals surface area contributed by atoms with E-state index in [2.05, 4.69) is 65.1 Å². The van der Waals surface area contributed by atoms with Crippen molar-refractivity contribution in [3.63, 3.8) is 0 Å². The summed E-state index contributed by atoms with van der Waals surface area (Å²) in [7, 11) is 1.70. The van der Waals surface area contributed by atoms with Crippen LogP contribution in [0.15, 0.2) is 52.0 Å². The summed E-state index contributed by atoms with van der Waals surface area (Å²) in [6, 6.07) is 14.6. The van der Waals surface area contributed by atoms with E-state index in [1.807, 2.05) is 12.1 Å². The van der Waals surface area contributed by atoms with E-state index in [9.17, 15) is 0 Å². The third-order valence-corrected chi connectivity index (χ3v) is 6.60. The van der Waals surface area contributed by atoms with Crippen LogP contribution in [0, 0.1) is 0 Å². The fourth-order valence-corrected chi connectivity index (χ4v) is 5.09. The average Bonchev–Trinajstić information content (AvgIpc) is 3.14. The Hall–Kier alpha value is -2.05. The summed E-state index contributed by atoms with van der Waals surface area (Å²) >= 11 is 3.52. The normalized spacial score (nSPS) is 27.1. The van der Waals surface area contributed by atoms with E-state index in [4.69, 9.17) is 19.3 Å². The van der Waals surface area contributed by atoms with Crippen molar-refractivity contribution in [2.45, 2.75) is 50.5 Å². The monoisotopic (exact) mass is 456 g/mol. The van der Waals surface area contributed by atoms with Crippen molar-refractivity contribution in [2.75, 3.05) is 13.7 Å². The largest absolute Gasteiger partial charge is 0.493 e. The molecule has 29 heavy (non-hydrogen) atoms. The molecule has 0 saturated carbocycles. The minimum Gasteiger partial charge on any atom is -0.493 e. The molecule has 3 aliphatic heterocycles. The van der Waals surface area contributed by atoms with Gasteiger partial charge < -0.3 is 14.2 Å². The smallest absolute Gasteiger partial charge is 0.203 e. The van der Waals surface area contributed by atoms with Crippen molar-refractivity contribution in [3.8, 4) is 11.5 Å². The van der Waals surface area contributed by atoms with Gasteiger partial charge in [0.25, 0.3) is 0 Å². The number of hydrazone groups is 1. The number of nitrogens with zero attached hydrogens (tertiary/aromatic N) is 2. The Labute approximate surface area is 179 Å². The highest BCUT2D eigenvalue weighted by atomic mass is 79.9. The Morgan fingerprint density at radius 2 is 1.97 bits per heavy atom. The van der Waals surface area contributed by atoms with E-state index < -0.39 is 5.72 Å². The Bertz CT molecular complexity index is 973. The number of ether oxygens (including phenoxy) is 3. The van der Waals surface area contributed by atoms with Gasteiger partial charge in [0.1, 0.15) is 0 Å². The zero-order chi connectivity index (χ0) is 20.2. The van der Waals surface area contributed by atoms with E-state index >= 15 is 0 Å². The fourth-order valence-electron chi connectivity index (χ4n) is 4.82. The molecule has 6 heteroatoms. The topological polar surface area (TPSA) is 43.3 Å². The van der Waals surface area contributed by atoms with E-state index in [0.717, 1.165) is 52.1 Å². The minimum absolute atomic E-state index is 0.126. The maximum Gasteiger partial charge on any atom is 0.203 e. The van der Waals surface area contributed by atoms with Gasteiger partial charge in [-0.1, -0.05) is 40.2 Å². The number of halogens is 1. The second kappa shape index (κ2) is 6.74. The predicted molar refractivity (Wildman–Crippen MR) is 115 cm³/mol. The van der Waals surface area contributed by atoms with Crippen LogP contribution in [0.5, 0.6) is 11.5 Å². The van der Waals surface area contributed by atoms with Gasteiger partial charge in [0.05, 0.1) is 31.1 Å². The maximum absolute atomic E-state index is 6.74. The molecule has 0 radical (unpaired) electrons. The molecule has 2 aromatic rings. The molecule has 0 N–H and O–H groups in total. The first-order valence-electron chi connectivity index (χ1n) is 10.0. The minimum atomic E-state index is -0.537. The molecule has 2 aromatic carbocycles. The van der Waals surface area contributed by atoms with Gasteiger partial charge in [-0.15, -0.1) is 0 Å². The van der Waals surface area contributed by atoms with Crippen molar-refractivity contribution >= 4 is 21.6 Å². The Morgan fingerprint density at radius 1 is 1.17 bits per heavy atom. The lowest BCUT2D eigenvalue weighted by molar-refractivity contribution is -0.212. The Kier molecular flexibility index (Phi) is 4.40. The molecule has 0 aromatic heterocycles. The molecule has 0 unspecified atom stereocenters. The van der Waals surface area contributed by atoms with E-state index in [-0.39, 0.29) is 11.6 Å². The third-order valence-electron chi connectivity index (χ3n) is 6.07. The van der Waals surface area contributed by atoms with Gasteiger partial charge in [-0.3, -0.25) is 0 Å². The standard InChI is InChI=1S/C23H25BrN2O3/c1-22(2)14-23(11-12-28-22)26-19(17-5-4-6-20(27-3)21(17)29-23)13-18(25-26)15-7-9-16(24)10-8-15/h4-10,19H,11-14H2,1-3H3/t19-,23+/m1/s1. The molecule has 0 aliphatic carbocycles. The van der Waals surface area contributed by atoms with Crippen molar-refractivity contribution in [3.05, 3.63) is 58.1 Å². The molecule has 152 valence electrons. The summed E-state index contributed by atoms with van der Waals surface area (Å²) in [5.74, 6) is 1.63. The predicted octanol–water partition coefficient (Wildman–Crippen LogP) is 5.29. The molecule has 2 atom stereocenters. The molecule has 1 saturated heterocycles. The number of methoxy groups -OCH3 is 1. The van der Waals surface area contributed by atoms with Gasteiger partial charge in [-0.05, 0) is 37.6 Å². The van der Waals surface area contributed by atoms with E-state index in [1.165, 1.54) is 0 Å². The van der Waals surface area contributed by atoms with Crippen molar-refractivity contribution in [1.82, 2.24) is 5.01 Å². The summed E-state index contributed by atoms with van der Waals surface area (Å²) in [6.45, 7) is 4.89. The van der Waals surface area contributed by atoms with Crippen LogP contribution in [-0.4, -0.2) is 35.8 Å². The highest BCUT2D eigenvalue weighted by Crippen LogP contribution is 2.54. The molecule has 3 heterocycles. The zero-order valence-electron chi connectivity index (χ0n) is 16.9. The average molecular weight is 457 g/mol. The molecule has 0 amide bonds. The quantitative estimate of drug-likeness (QED) is 0.615. The summed E-state index contributed by atoms with van der Waals surface area (Å²) in [5, 5.41) is 7.32. The number of hydrogen-bond donors (Lipinski definition) is 0. The van der Waals surface area contributed by atoms with Gasteiger partial charge in [-0.2, -0.15) is 5.10 Å². The summed E-state index contributed by atoms with van der Waals surface area (Å²) in [6.07, 6.45) is 2.35. The third kappa shape index (κ3) is 3.13. The van der Waals surface area contributed by atoms with Gasteiger partial charge in [0, 0.05) is 29.3 Å². The van der Waals surface area contributed by atoms with Gasteiger partial charge in [-0.25, -0.2) is 5.01 Å². The maximum atomic E-state index is 6.74. The van der Waals surface area contributed by atoms with Crippen LogP contribution in [0.4, 0.5) is 0 Å².